The third-order valence-corrected chi connectivity index (χ3v) is 13.9. The van der Waals surface area contributed by atoms with Gasteiger partial charge in [0, 0.05) is 45.3 Å². The van der Waals surface area contributed by atoms with Crippen molar-refractivity contribution in [2.24, 2.45) is 0 Å². The lowest BCUT2D eigenvalue weighted by atomic mass is 9.74. The van der Waals surface area contributed by atoms with Crippen LogP contribution in [0.2, 0.25) is 0 Å². The highest BCUT2D eigenvalue weighted by Crippen LogP contribution is 2.40. The summed E-state index contributed by atoms with van der Waals surface area (Å²) in [7, 11) is 0. The molecule has 0 fully saturated rings. The molecule has 8 aromatic rings. The van der Waals surface area contributed by atoms with Gasteiger partial charge in [0.15, 0.2) is 5.78 Å². The molecule has 0 amide bonds. The van der Waals surface area contributed by atoms with E-state index in [2.05, 4.69) is 203 Å². The van der Waals surface area contributed by atoms with Gasteiger partial charge in [0.2, 0.25) is 0 Å². The van der Waals surface area contributed by atoms with Gasteiger partial charge in [-0.3, -0.25) is 4.79 Å². The van der Waals surface area contributed by atoms with Gasteiger partial charge in [-0.2, -0.15) is 0 Å². The Bertz CT molecular complexity index is 2890. The molecular weight excluding hydrogens is 881 g/mol. The van der Waals surface area contributed by atoms with Crippen molar-refractivity contribution in [3.8, 4) is 28.4 Å². The van der Waals surface area contributed by atoms with Crippen LogP contribution in [0, 0.1) is 0 Å². The zero-order valence-electron chi connectivity index (χ0n) is 43.3. The molecule has 0 saturated carbocycles. The number of hydrogen-bond donors (Lipinski definition) is 0. The van der Waals surface area contributed by atoms with Crippen LogP contribution in [0.3, 0.4) is 0 Å². The Labute approximate surface area is 430 Å². The maximum atomic E-state index is 13.6. The fraction of sp³-hybridized carbons (Fsp3) is 0.269. The molecule has 368 valence electrons. The molecule has 0 unspecified atom stereocenters. The summed E-state index contributed by atoms with van der Waals surface area (Å²) in [5, 5.41) is 0. The largest absolute Gasteiger partial charge is 0.488 e. The Balaban J connectivity index is 0.944. The van der Waals surface area contributed by atoms with Gasteiger partial charge in [0.25, 0.3) is 0 Å². The first-order valence-corrected chi connectivity index (χ1v) is 26.3. The first kappa shape index (κ1) is 51.0. The maximum absolute atomic E-state index is 13.6. The quantitative estimate of drug-likeness (QED) is 0.0446. The molecule has 0 heterocycles. The summed E-state index contributed by atoms with van der Waals surface area (Å²) in [6.45, 7) is 13.5. The number of nitrogens with zero attached hydrogens (tertiary/aromatic N) is 2. The Morgan fingerprint density at radius 2 is 0.750 bits per heavy atom. The lowest BCUT2D eigenvalue weighted by Gasteiger charge is -2.30. The minimum Gasteiger partial charge on any atom is -0.488 e. The topological polar surface area (TPSA) is 42.0 Å². The molecule has 5 nitrogen and oxygen atoms in total. The molecule has 0 spiro atoms. The Kier molecular flexibility index (Phi) is 17.1. The first-order valence-electron chi connectivity index (χ1n) is 26.3. The number of rotatable bonds is 24. The standard InChI is InChI=1S/C67H72N2O3/c1-7-10-19-48-66(4,5)72-64-46-40-61(41-47-64)69(57-22-17-14-18-23-57)59-36-28-52(29-37-59)51-26-34-58(35-27-51)68(56-20-15-13-16-21-56)60-38-44-63(45-39-60)71-62-42-30-54(31-43-62)65(70)53-24-32-55(33-25-53)67(6,49-11-8-2)50-12-9-3/h13-18,20-47H,7-12,19,48-50H2,1-6H3. The summed E-state index contributed by atoms with van der Waals surface area (Å²) in [6.07, 6.45) is 11.7. The molecule has 0 aliphatic rings. The monoisotopic (exact) mass is 953 g/mol. The van der Waals surface area contributed by atoms with Crippen LogP contribution in [-0.4, -0.2) is 11.4 Å². The molecule has 0 bridgehead atoms. The Hall–Kier alpha value is -7.37. The van der Waals surface area contributed by atoms with E-state index < -0.39 is 0 Å². The molecule has 5 heteroatoms. The summed E-state index contributed by atoms with van der Waals surface area (Å²) in [6, 6.07) is 70.9. The number of ketones is 1. The molecular formula is C67H72N2O3. The molecule has 0 atom stereocenters. The highest BCUT2D eigenvalue weighted by molar-refractivity contribution is 6.09. The van der Waals surface area contributed by atoms with Crippen LogP contribution in [0.5, 0.6) is 17.2 Å². The normalized spacial score (nSPS) is 11.5. The van der Waals surface area contributed by atoms with Crippen molar-refractivity contribution >= 4 is 39.9 Å². The fourth-order valence-corrected chi connectivity index (χ4v) is 9.70. The molecule has 0 aliphatic carbocycles. The average Bonchev–Trinajstić information content (AvgIpc) is 3.42. The zero-order valence-corrected chi connectivity index (χ0v) is 43.3. The lowest BCUT2D eigenvalue weighted by Crippen LogP contribution is -2.28. The van der Waals surface area contributed by atoms with Gasteiger partial charge in [-0.15, -0.1) is 0 Å². The third kappa shape index (κ3) is 12.9. The van der Waals surface area contributed by atoms with E-state index in [4.69, 9.17) is 9.47 Å². The van der Waals surface area contributed by atoms with Gasteiger partial charge in [-0.1, -0.05) is 151 Å². The molecule has 72 heavy (non-hydrogen) atoms. The molecule has 0 saturated heterocycles. The lowest BCUT2D eigenvalue weighted by molar-refractivity contribution is 0.0962. The second kappa shape index (κ2) is 24.2. The Morgan fingerprint density at radius 1 is 0.389 bits per heavy atom. The van der Waals surface area contributed by atoms with Crippen molar-refractivity contribution in [1.82, 2.24) is 0 Å². The van der Waals surface area contributed by atoms with Crippen LogP contribution in [-0.2, 0) is 5.41 Å². The van der Waals surface area contributed by atoms with Crippen LogP contribution in [0.1, 0.15) is 127 Å². The molecule has 0 aromatic heterocycles. The molecule has 0 N–H and O–H groups in total. The minimum atomic E-state index is -0.217. The number of benzene rings is 8. The second-order valence-corrected chi connectivity index (χ2v) is 20.0. The van der Waals surface area contributed by atoms with E-state index in [9.17, 15) is 4.79 Å². The van der Waals surface area contributed by atoms with E-state index >= 15 is 0 Å². The highest BCUT2D eigenvalue weighted by atomic mass is 16.5. The average molecular weight is 953 g/mol. The van der Waals surface area contributed by atoms with Crippen LogP contribution < -0.4 is 19.3 Å². The predicted octanol–water partition coefficient (Wildman–Crippen LogP) is 19.7. The van der Waals surface area contributed by atoms with Crippen molar-refractivity contribution in [2.45, 2.75) is 117 Å². The minimum absolute atomic E-state index is 0.0138. The van der Waals surface area contributed by atoms with Crippen LogP contribution >= 0.6 is 0 Å². The zero-order chi connectivity index (χ0) is 50.3. The van der Waals surface area contributed by atoms with Crippen molar-refractivity contribution in [2.75, 3.05) is 9.80 Å². The van der Waals surface area contributed by atoms with Crippen LogP contribution in [0.4, 0.5) is 34.1 Å². The van der Waals surface area contributed by atoms with E-state index in [1.165, 1.54) is 63.4 Å². The number of hydrogen-bond acceptors (Lipinski definition) is 5. The maximum Gasteiger partial charge on any atom is 0.193 e. The van der Waals surface area contributed by atoms with Gasteiger partial charge < -0.3 is 19.3 Å². The summed E-state index contributed by atoms with van der Waals surface area (Å²) >= 11 is 0. The second-order valence-electron chi connectivity index (χ2n) is 20.0. The van der Waals surface area contributed by atoms with E-state index in [1.807, 2.05) is 54.6 Å². The predicted molar refractivity (Wildman–Crippen MR) is 303 cm³/mol. The van der Waals surface area contributed by atoms with E-state index in [0.29, 0.717) is 22.6 Å². The number of unbranched alkanes of at least 4 members (excludes halogenated alkanes) is 4. The molecule has 8 aromatic carbocycles. The van der Waals surface area contributed by atoms with Crippen molar-refractivity contribution < 1.29 is 14.3 Å². The first-order chi connectivity index (χ1) is 35.1. The SMILES string of the molecule is CCCCCC(C)(C)Oc1ccc(N(c2ccccc2)c2ccc(-c3ccc(N(c4ccccc4)c4ccc(Oc5ccc(C(=O)c6ccc(C(C)(CCCC)CCCC)cc6)cc5)cc4)cc3)cc2)cc1. The summed E-state index contributed by atoms with van der Waals surface area (Å²) < 4.78 is 12.8. The highest BCUT2D eigenvalue weighted by Gasteiger charge is 2.26. The summed E-state index contributed by atoms with van der Waals surface area (Å²) in [4.78, 5) is 18.1. The van der Waals surface area contributed by atoms with Crippen molar-refractivity contribution in [3.63, 3.8) is 0 Å². The number of carbonyl (C=O) groups excluding carboxylic acids is 1. The number of anilines is 6. The molecule has 0 radical (unpaired) electrons. The van der Waals surface area contributed by atoms with Crippen molar-refractivity contribution in [3.05, 3.63) is 223 Å². The van der Waals surface area contributed by atoms with E-state index in [1.54, 1.807) is 0 Å². The summed E-state index contributed by atoms with van der Waals surface area (Å²) in [5.41, 5.74) is 11.2. The van der Waals surface area contributed by atoms with Crippen molar-refractivity contribution in [1.29, 1.82) is 0 Å². The molecule has 8 rings (SSSR count). The number of ether oxygens (including phenoxy) is 2. The van der Waals surface area contributed by atoms with Gasteiger partial charge in [0.1, 0.15) is 22.8 Å². The number of para-hydroxylation sites is 2. The number of carbonyl (C=O) groups is 1. The van der Waals surface area contributed by atoms with Crippen LogP contribution in [0.25, 0.3) is 11.1 Å². The smallest absolute Gasteiger partial charge is 0.193 e. The van der Waals surface area contributed by atoms with E-state index in [0.717, 1.165) is 57.4 Å². The molecule has 0 aliphatic heterocycles. The van der Waals surface area contributed by atoms with Crippen LogP contribution in [0.15, 0.2) is 206 Å². The van der Waals surface area contributed by atoms with Gasteiger partial charge in [-0.05, 0) is 183 Å². The third-order valence-electron chi connectivity index (χ3n) is 13.9. The van der Waals surface area contributed by atoms with Gasteiger partial charge in [-0.25, -0.2) is 0 Å². The summed E-state index contributed by atoms with van der Waals surface area (Å²) in [5.74, 6) is 2.28. The Morgan fingerprint density at radius 3 is 1.17 bits per heavy atom. The van der Waals surface area contributed by atoms with Gasteiger partial charge >= 0.3 is 0 Å². The van der Waals surface area contributed by atoms with Gasteiger partial charge in [0.05, 0.1) is 0 Å². The fourth-order valence-electron chi connectivity index (χ4n) is 9.70. The van der Waals surface area contributed by atoms with E-state index in [-0.39, 0.29) is 16.8 Å².